The maximum atomic E-state index is 5.38. The predicted octanol–water partition coefficient (Wildman–Crippen LogP) is 3.94. The van der Waals surface area contributed by atoms with Crippen molar-refractivity contribution >= 4 is 0 Å². The summed E-state index contributed by atoms with van der Waals surface area (Å²) in [6.45, 7) is 6.40. The van der Waals surface area contributed by atoms with Crippen molar-refractivity contribution in [2.24, 2.45) is 0 Å². The summed E-state index contributed by atoms with van der Waals surface area (Å²) in [7, 11) is 0. The van der Waals surface area contributed by atoms with Gasteiger partial charge in [0, 0.05) is 5.75 Å². The van der Waals surface area contributed by atoms with Crippen LogP contribution in [-0.2, 0) is 23.5 Å². The Hall–Kier alpha value is -1.24. The minimum Gasteiger partial charge on any atom is -0.551 e. The van der Waals surface area contributed by atoms with Crippen molar-refractivity contribution in [2.45, 2.75) is 13.3 Å². The van der Waals surface area contributed by atoms with E-state index in [0.29, 0.717) is 0 Å². The van der Waals surface area contributed by atoms with Gasteiger partial charge in [-0.1, -0.05) is 6.08 Å². The molecule has 0 heterocycles. The molecule has 0 N–H and O–H groups in total. The van der Waals surface area contributed by atoms with Crippen LogP contribution in [0.15, 0.2) is 61.2 Å². The fourth-order valence-electron chi connectivity index (χ4n) is 1.38. The third-order valence-electron chi connectivity index (χ3n) is 2.08. The summed E-state index contributed by atoms with van der Waals surface area (Å²) < 4.78 is 5.38. The standard InChI is InChI=1S/C10H13O.C5H5.Fe/c1-3-6-9-7-5-8-10(9)11-4-2;1-2-4-5-3-1;/h3,5,7-8H,1,4,6H2,2H3;1-5H;/q2*-1;+2. The molecule has 0 amide bonds. The van der Waals surface area contributed by atoms with E-state index < -0.39 is 0 Å². The summed E-state index contributed by atoms with van der Waals surface area (Å²) in [6.07, 6.45) is 2.78. The largest absolute Gasteiger partial charge is 2.00 e. The molecule has 2 aromatic rings. The van der Waals surface area contributed by atoms with E-state index >= 15 is 0 Å². The molecule has 0 atom stereocenters. The van der Waals surface area contributed by atoms with Gasteiger partial charge in [0.1, 0.15) is 0 Å². The van der Waals surface area contributed by atoms with Crippen LogP contribution in [0.5, 0.6) is 5.75 Å². The van der Waals surface area contributed by atoms with Gasteiger partial charge in [0.05, 0.1) is 6.61 Å². The average Bonchev–Trinajstić information content (AvgIpc) is 2.93. The molecule has 0 bridgehead atoms. The van der Waals surface area contributed by atoms with Crippen molar-refractivity contribution in [3.63, 3.8) is 0 Å². The van der Waals surface area contributed by atoms with Gasteiger partial charge < -0.3 is 4.74 Å². The molecule has 0 saturated carbocycles. The summed E-state index contributed by atoms with van der Waals surface area (Å²) in [5.74, 6) is 0.993. The van der Waals surface area contributed by atoms with Crippen LogP contribution in [0.2, 0.25) is 0 Å². The molecule has 92 valence electrons. The number of rotatable bonds is 4. The normalized spacial score (nSPS) is 8.53. The van der Waals surface area contributed by atoms with Crippen LogP contribution in [0.25, 0.3) is 0 Å². The maximum absolute atomic E-state index is 5.38. The van der Waals surface area contributed by atoms with E-state index in [9.17, 15) is 0 Å². The Labute approximate surface area is 114 Å². The van der Waals surface area contributed by atoms with Crippen LogP contribution < -0.4 is 4.74 Å². The molecule has 0 radical (unpaired) electrons. The van der Waals surface area contributed by atoms with Gasteiger partial charge >= 0.3 is 17.1 Å². The number of hydrogen-bond acceptors (Lipinski definition) is 1. The Kier molecular flexibility index (Phi) is 9.22. The summed E-state index contributed by atoms with van der Waals surface area (Å²) in [5, 5.41) is 0. The maximum Gasteiger partial charge on any atom is 2.00 e. The molecule has 2 heteroatoms. The SMILES string of the molecule is C=CCc1ccc[c-]1OCC.[Fe+2].c1cc[cH-]c1. The van der Waals surface area contributed by atoms with Crippen molar-refractivity contribution in [2.75, 3.05) is 6.61 Å². The van der Waals surface area contributed by atoms with Gasteiger partial charge in [-0.15, -0.1) is 18.2 Å². The van der Waals surface area contributed by atoms with E-state index in [1.807, 2.05) is 55.5 Å². The molecule has 0 aromatic heterocycles. The van der Waals surface area contributed by atoms with E-state index in [-0.39, 0.29) is 17.1 Å². The molecule has 0 saturated heterocycles. The first-order chi connectivity index (χ1) is 7.88. The van der Waals surface area contributed by atoms with Crippen molar-refractivity contribution in [3.8, 4) is 5.75 Å². The zero-order valence-electron chi connectivity index (χ0n) is 10.1. The number of allylic oxidation sites excluding steroid dienone is 1. The zero-order chi connectivity index (χ0) is 11.6. The second-order valence-electron chi connectivity index (χ2n) is 3.30. The predicted molar refractivity (Wildman–Crippen MR) is 69.1 cm³/mol. The third-order valence-corrected chi connectivity index (χ3v) is 2.08. The molecule has 0 aliphatic heterocycles. The summed E-state index contributed by atoms with van der Waals surface area (Å²) in [6, 6.07) is 16.1. The average molecular weight is 270 g/mol. The smallest absolute Gasteiger partial charge is 0.551 e. The van der Waals surface area contributed by atoms with Gasteiger partial charge in [0.2, 0.25) is 0 Å². The molecule has 0 aliphatic rings. The van der Waals surface area contributed by atoms with Gasteiger partial charge in [-0.25, -0.2) is 24.3 Å². The third kappa shape index (κ3) is 6.15. The fourth-order valence-corrected chi connectivity index (χ4v) is 1.38. The van der Waals surface area contributed by atoms with Crippen LogP contribution in [0.4, 0.5) is 0 Å². The first-order valence-corrected chi connectivity index (χ1v) is 5.53. The van der Waals surface area contributed by atoms with Crippen molar-refractivity contribution in [3.05, 3.63) is 66.7 Å². The van der Waals surface area contributed by atoms with E-state index in [4.69, 9.17) is 4.74 Å². The van der Waals surface area contributed by atoms with Gasteiger partial charge in [-0.3, -0.25) is 0 Å². The zero-order valence-corrected chi connectivity index (χ0v) is 11.2. The van der Waals surface area contributed by atoms with Crippen LogP contribution in [0.1, 0.15) is 12.5 Å². The van der Waals surface area contributed by atoms with Gasteiger partial charge in [0.25, 0.3) is 0 Å². The summed E-state index contributed by atoms with van der Waals surface area (Å²) in [5.41, 5.74) is 1.22. The van der Waals surface area contributed by atoms with Crippen molar-refractivity contribution in [1.29, 1.82) is 0 Å². The fraction of sp³-hybridized carbons (Fsp3) is 0.200. The molecular weight excluding hydrogens is 252 g/mol. The van der Waals surface area contributed by atoms with Gasteiger partial charge in [-0.05, 0) is 13.3 Å². The van der Waals surface area contributed by atoms with Crippen LogP contribution in [0.3, 0.4) is 0 Å². The molecule has 0 spiro atoms. The number of hydrogen-bond donors (Lipinski definition) is 0. The molecule has 2 rings (SSSR count). The Balaban J connectivity index is 0.000000360. The molecule has 1 nitrogen and oxygen atoms in total. The van der Waals surface area contributed by atoms with Crippen molar-refractivity contribution < 1.29 is 21.8 Å². The number of ether oxygens (including phenoxy) is 1. The minimum atomic E-state index is 0. The molecule has 0 aliphatic carbocycles. The molecule has 17 heavy (non-hydrogen) atoms. The minimum absolute atomic E-state index is 0. The van der Waals surface area contributed by atoms with Gasteiger partial charge in [0.15, 0.2) is 0 Å². The van der Waals surface area contributed by atoms with Crippen LogP contribution >= 0.6 is 0 Å². The van der Waals surface area contributed by atoms with Gasteiger partial charge in [-0.2, -0.15) is 18.2 Å². The van der Waals surface area contributed by atoms with E-state index in [1.165, 1.54) is 5.56 Å². The Morgan fingerprint density at radius 2 is 2.06 bits per heavy atom. The van der Waals surface area contributed by atoms with Crippen LogP contribution in [0, 0.1) is 0 Å². The second-order valence-corrected chi connectivity index (χ2v) is 3.30. The Morgan fingerprint density at radius 1 is 1.35 bits per heavy atom. The topological polar surface area (TPSA) is 9.23 Å². The quantitative estimate of drug-likeness (QED) is 0.464. The monoisotopic (exact) mass is 270 g/mol. The first-order valence-electron chi connectivity index (χ1n) is 5.53. The van der Waals surface area contributed by atoms with E-state index in [1.54, 1.807) is 0 Å². The van der Waals surface area contributed by atoms with Crippen molar-refractivity contribution in [1.82, 2.24) is 0 Å². The molecule has 0 unspecified atom stereocenters. The van der Waals surface area contributed by atoms with Crippen LogP contribution in [-0.4, -0.2) is 6.61 Å². The molecule has 0 fully saturated rings. The Morgan fingerprint density at radius 3 is 2.53 bits per heavy atom. The molecule has 2 aromatic carbocycles. The van der Waals surface area contributed by atoms with E-state index in [0.717, 1.165) is 18.8 Å². The summed E-state index contributed by atoms with van der Waals surface area (Å²) in [4.78, 5) is 0. The first kappa shape index (κ1) is 15.8. The molecular formula is C15H18FeO. The second kappa shape index (κ2) is 9.95. The van der Waals surface area contributed by atoms with E-state index in [2.05, 4.69) is 12.6 Å². The summed E-state index contributed by atoms with van der Waals surface area (Å²) >= 11 is 0. The Bertz CT molecular complexity index is 356.